The number of benzene rings is 3. The third-order valence-corrected chi connectivity index (χ3v) is 4.10. The predicted octanol–water partition coefficient (Wildman–Crippen LogP) is 4.13. The molecule has 0 aliphatic heterocycles. The number of aliphatic carboxylic acids is 1. The third-order valence-electron chi connectivity index (χ3n) is 4.10. The van der Waals surface area contributed by atoms with Crippen molar-refractivity contribution in [3.63, 3.8) is 0 Å². The van der Waals surface area contributed by atoms with Gasteiger partial charge in [0.25, 0.3) is 5.91 Å². The Balaban J connectivity index is 1.69. The number of carboxylic acid groups (broad SMARTS) is 1. The van der Waals surface area contributed by atoms with Crippen molar-refractivity contribution in [1.82, 2.24) is 5.32 Å². The molecule has 0 aliphatic rings. The molecule has 2 N–H and O–H groups in total. The Bertz CT molecular complexity index is 948. The Hall–Kier alpha value is -3.40. The van der Waals surface area contributed by atoms with Gasteiger partial charge in [0.1, 0.15) is 6.04 Å². The van der Waals surface area contributed by atoms with Gasteiger partial charge in [-0.3, -0.25) is 4.79 Å². The lowest BCUT2D eigenvalue weighted by Crippen LogP contribution is -2.40. The van der Waals surface area contributed by atoms with Crippen LogP contribution in [0.5, 0.6) is 0 Å². The number of hydrogen-bond acceptors (Lipinski definition) is 2. The first-order valence-corrected chi connectivity index (χ1v) is 8.37. The van der Waals surface area contributed by atoms with Gasteiger partial charge < -0.3 is 10.4 Å². The van der Waals surface area contributed by atoms with E-state index in [1.807, 2.05) is 66.7 Å². The average Bonchev–Trinajstić information content (AvgIpc) is 2.67. The monoisotopic (exact) mass is 345 g/mol. The number of carbonyl (C=O) groups excluding carboxylic acids is 1. The second-order valence-corrected chi connectivity index (χ2v) is 5.97. The van der Waals surface area contributed by atoms with Crippen molar-refractivity contribution >= 4 is 28.7 Å². The average molecular weight is 345 g/mol. The molecule has 0 heterocycles. The topological polar surface area (TPSA) is 66.4 Å². The summed E-state index contributed by atoms with van der Waals surface area (Å²) in [5, 5.41) is 14.0. The Labute approximate surface area is 151 Å². The number of rotatable bonds is 6. The molecular formula is C22H19NO3. The molecule has 4 heteroatoms. The summed E-state index contributed by atoms with van der Waals surface area (Å²) in [7, 11) is 0. The minimum atomic E-state index is -1.06. The van der Waals surface area contributed by atoms with Gasteiger partial charge in [0, 0.05) is 5.56 Å². The first kappa shape index (κ1) is 17.4. The number of amides is 1. The van der Waals surface area contributed by atoms with Crippen LogP contribution in [0.1, 0.15) is 22.3 Å². The highest BCUT2D eigenvalue weighted by Crippen LogP contribution is 2.16. The lowest BCUT2D eigenvalue weighted by molar-refractivity contribution is -0.139. The lowest BCUT2D eigenvalue weighted by atomic mass is 10.1. The summed E-state index contributed by atoms with van der Waals surface area (Å²) in [6, 6.07) is 21.7. The highest BCUT2D eigenvalue weighted by Gasteiger charge is 2.19. The van der Waals surface area contributed by atoms with E-state index in [4.69, 9.17) is 0 Å². The van der Waals surface area contributed by atoms with Crippen LogP contribution in [0.4, 0.5) is 0 Å². The molecule has 1 amide bonds. The molecule has 0 aliphatic carbocycles. The minimum absolute atomic E-state index is 0.212. The maximum absolute atomic E-state index is 12.4. The van der Waals surface area contributed by atoms with Crippen molar-refractivity contribution in [3.8, 4) is 0 Å². The molecule has 0 spiro atoms. The fraction of sp³-hybridized carbons (Fsp3) is 0.0909. The Morgan fingerprint density at radius 2 is 1.62 bits per heavy atom. The maximum atomic E-state index is 12.4. The zero-order valence-electron chi connectivity index (χ0n) is 14.1. The van der Waals surface area contributed by atoms with Crippen LogP contribution in [0, 0.1) is 0 Å². The fourth-order valence-electron chi connectivity index (χ4n) is 2.70. The normalized spacial score (nSPS) is 12.2. The molecular weight excluding hydrogens is 326 g/mol. The molecule has 1 atom stereocenters. The zero-order chi connectivity index (χ0) is 18.4. The van der Waals surface area contributed by atoms with Gasteiger partial charge >= 0.3 is 5.97 Å². The van der Waals surface area contributed by atoms with E-state index in [1.54, 1.807) is 18.2 Å². The van der Waals surface area contributed by atoms with E-state index in [9.17, 15) is 14.7 Å². The zero-order valence-corrected chi connectivity index (χ0v) is 14.1. The SMILES string of the molecule is O=C(N[C@H](C/C=C/c1ccccc1)C(=O)O)c1ccc2ccccc2c1. The molecule has 3 aromatic rings. The van der Waals surface area contributed by atoms with E-state index in [-0.39, 0.29) is 6.42 Å². The quantitative estimate of drug-likeness (QED) is 0.706. The summed E-state index contributed by atoms with van der Waals surface area (Å²) >= 11 is 0. The maximum Gasteiger partial charge on any atom is 0.326 e. The van der Waals surface area contributed by atoms with Crippen LogP contribution >= 0.6 is 0 Å². The summed E-state index contributed by atoms with van der Waals surface area (Å²) in [6.07, 6.45) is 3.82. The van der Waals surface area contributed by atoms with E-state index in [2.05, 4.69) is 5.32 Å². The highest BCUT2D eigenvalue weighted by atomic mass is 16.4. The number of carboxylic acids is 1. The van der Waals surface area contributed by atoms with Crippen molar-refractivity contribution < 1.29 is 14.7 Å². The van der Waals surface area contributed by atoms with Gasteiger partial charge in [0.05, 0.1) is 0 Å². The smallest absolute Gasteiger partial charge is 0.326 e. The van der Waals surface area contributed by atoms with Crippen LogP contribution < -0.4 is 5.32 Å². The first-order chi connectivity index (χ1) is 12.6. The molecule has 0 fully saturated rings. The van der Waals surface area contributed by atoms with E-state index >= 15 is 0 Å². The van der Waals surface area contributed by atoms with E-state index < -0.39 is 17.9 Å². The summed E-state index contributed by atoms with van der Waals surface area (Å²) in [6.45, 7) is 0. The first-order valence-electron chi connectivity index (χ1n) is 8.37. The van der Waals surface area contributed by atoms with Gasteiger partial charge in [-0.05, 0) is 34.9 Å². The molecule has 0 saturated carbocycles. The van der Waals surface area contributed by atoms with Crippen molar-refractivity contribution in [1.29, 1.82) is 0 Å². The van der Waals surface area contributed by atoms with Crippen LogP contribution in [0.15, 0.2) is 78.9 Å². The van der Waals surface area contributed by atoms with Gasteiger partial charge in [-0.1, -0.05) is 72.8 Å². The summed E-state index contributed by atoms with van der Waals surface area (Å²) in [4.78, 5) is 23.9. The standard InChI is InChI=1S/C22H19NO3/c24-21(19-14-13-17-10-4-5-11-18(17)15-19)23-20(22(25)26)12-6-9-16-7-2-1-3-8-16/h1-11,13-15,20H,12H2,(H,23,24)(H,25,26)/b9-6+/t20-/m1/s1. The summed E-state index contributed by atoms with van der Waals surface area (Å²) < 4.78 is 0. The molecule has 0 saturated heterocycles. The largest absolute Gasteiger partial charge is 0.480 e. The number of carbonyl (C=O) groups is 2. The van der Waals surface area contributed by atoms with Gasteiger partial charge in [0.15, 0.2) is 0 Å². The van der Waals surface area contributed by atoms with Gasteiger partial charge in [-0.2, -0.15) is 0 Å². The van der Waals surface area contributed by atoms with Crippen LogP contribution in [0.25, 0.3) is 16.8 Å². The van der Waals surface area contributed by atoms with Crippen molar-refractivity contribution in [2.75, 3.05) is 0 Å². The van der Waals surface area contributed by atoms with Crippen molar-refractivity contribution in [3.05, 3.63) is 90.0 Å². The Morgan fingerprint density at radius 3 is 2.35 bits per heavy atom. The van der Waals surface area contributed by atoms with Crippen molar-refractivity contribution in [2.24, 2.45) is 0 Å². The molecule has 26 heavy (non-hydrogen) atoms. The number of nitrogens with one attached hydrogen (secondary N) is 1. The second kappa shape index (κ2) is 8.12. The highest BCUT2D eigenvalue weighted by molar-refractivity contribution is 6.00. The van der Waals surface area contributed by atoms with Gasteiger partial charge in [-0.15, -0.1) is 0 Å². The predicted molar refractivity (Wildman–Crippen MR) is 103 cm³/mol. The lowest BCUT2D eigenvalue weighted by Gasteiger charge is -2.13. The van der Waals surface area contributed by atoms with Crippen LogP contribution in [0.2, 0.25) is 0 Å². The van der Waals surface area contributed by atoms with E-state index in [1.165, 1.54) is 0 Å². The van der Waals surface area contributed by atoms with Crippen LogP contribution in [-0.2, 0) is 4.79 Å². The summed E-state index contributed by atoms with van der Waals surface area (Å²) in [5.74, 6) is -1.45. The molecule has 3 aromatic carbocycles. The van der Waals surface area contributed by atoms with Gasteiger partial charge in [-0.25, -0.2) is 4.79 Å². The number of hydrogen-bond donors (Lipinski definition) is 2. The molecule has 130 valence electrons. The summed E-state index contributed by atoms with van der Waals surface area (Å²) in [5.41, 5.74) is 1.43. The third kappa shape index (κ3) is 4.36. The minimum Gasteiger partial charge on any atom is -0.480 e. The van der Waals surface area contributed by atoms with Crippen LogP contribution in [0.3, 0.4) is 0 Å². The molecule has 3 rings (SSSR count). The molecule has 0 bridgehead atoms. The van der Waals surface area contributed by atoms with Crippen LogP contribution in [-0.4, -0.2) is 23.0 Å². The van der Waals surface area contributed by atoms with Gasteiger partial charge in [0.2, 0.25) is 0 Å². The van der Waals surface area contributed by atoms with E-state index in [0.717, 1.165) is 16.3 Å². The molecule has 0 unspecified atom stereocenters. The second-order valence-electron chi connectivity index (χ2n) is 5.97. The molecule has 0 radical (unpaired) electrons. The van der Waals surface area contributed by atoms with E-state index in [0.29, 0.717) is 5.56 Å². The molecule has 4 nitrogen and oxygen atoms in total. The molecule has 0 aromatic heterocycles. The Kier molecular flexibility index (Phi) is 5.44. The number of fused-ring (bicyclic) bond motifs is 1. The Morgan fingerprint density at radius 1 is 0.923 bits per heavy atom. The van der Waals surface area contributed by atoms with Crippen molar-refractivity contribution in [2.45, 2.75) is 12.5 Å². The fourth-order valence-corrected chi connectivity index (χ4v) is 2.70.